The van der Waals surface area contributed by atoms with Crippen LogP contribution in [-0.4, -0.2) is 29.1 Å². The first-order chi connectivity index (χ1) is 10.2. The van der Waals surface area contributed by atoms with E-state index in [1.807, 2.05) is 12.3 Å². The summed E-state index contributed by atoms with van der Waals surface area (Å²) < 4.78 is 0. The molecule has 2 N–H and O–H groups in total. The molecule has 1 aromatic carbocycles. The Morgan fingerprint density at radius 1 is 1.38 bits per heavy atom. The second kappa shape index (κ2) is 7.58. The Balaban J connectivity index is 1.85. The third-order valence-electron chi connectivity index (χ3n) is 2.75. The lowest BCUT2D eigenvalue weighted by Crippen LogP contribution is -2.25. The van der Waals surface area contributed by atoms with E-state index in [9.17, 15) is 4.79 Å². The number of carbonyl (C=O) groups excluding carboxylic acids is 1. The van der Waals surface area contributed by atoms with E-state index in [1.165, 1.54) is 0 Å². The first kappa shape index (κ1) is 15.2. The van der Waals surface area contributed by atoms with Crippen LogP contribution in [0.3, 0.4) is 0 Å². The largest absolute Gasteiger partial charge is 0.384 e. The summed E-state index contributed by atoms with van der Waals surface area (Å²) in [5, 5.41) is 14.5. The van der Waals surface area contributed by atoms with Crippen LogP contribution in [0.5, 0.6) is 0 Å². The predicted octanol–water partition coefficient (Wildman–Crippen LogP) is 1.77. The van der Waals surface area contributed by atoms with Crippen LogP contribution in [-0.2, 0) is 6.42 Å². The Morgan fingerprint density at radius 3 is 2.76 bits per heavy atom. The molecule has 2 aromatic rings. The number of aliphatic hydroxyl groups excluding tert-OH is 1. The molecule has 0 fully saturated rings. The summed E-state index contributed by atoms with van der Waals surface area (Å²) >= 11 is 1.61. The Hall–Kier alpha value is -2.16. The number of benzene rings is 1. The number of hydrogen-bond donors (Lipinski definition) is 2. The third kappa shape index (κ3) is 4.71. The van der Waals surface area contributed by atoms with E-state index in [4.69, 9.17) is 5.11 Å². The van der Waals surface area contributed by atoms with Crippen LogP contribution in [0.25, 0.3) is 0 Å². The minimum Gasteiger partial charge on any atom is -0.384 e. The number of nitrogens with zero attached hydrogens (tertiary/aromatic N) is 1. The minimum atomic E-state index is -0.168. The molecule has 21 heavy (non-hydrogen) atoms. The molecule has 1 heterocycles. The van der Waals surface area contributed by atoms with Gasteiger partial charge in [0.2, 0.25) is 0 Å². The fraction of sp³-hybridized carbons (Fsp3) is 0.250. The van der Waals surface area contributed by atoms with Gasteiger partial charge in [-0.2, -0.15) is 0 Å². The quantitative estimate of drug-likeness (QED) is 0.846. The second-order valence-electron chi connectivity index (χ2n) is 4.43. The van der Waals surface area contributed by atoms with E-state index in [0.717, 1.165) is 22.7 Å². The van der Waals surface area contributed by atoms with Crippen LogP contribution >= 0.6 is 11.3 Å². The average Bonchev–Trinajstić information content (AvgIpc) is 2.91. The van der Waals surface area contributed by atoms with Gasteiger partial charge in [0.05, 0.1) is 5.01 Å². The van der Waals surface area contributed by atoms with Gasteiger partial charge < -0.3 is 10.4 Å². The SMILES string of the molecule is Cc1csc(CCNC(=O)c2ccc(C#CCO)cc2)n1. The number of aromatic nitrogens is 1. The fourth-order valence-corrected chi connectivity index (χ4v) is 2.52. The molecule has 0 spiro atoms. The zero-order valence-corrected chi connectivity index (χ0v) is 12.5. The van der Waals surface area contributed by atoms with Gasteiger partial charge in [0.15, 0.2) is 0 Å². The van der Waals surface area contributed by atoms with Gasteiger partial charge in [0.1, 0.15) is 6.61 Å². The number of rotatable bonds is 4. The molecule has 1 aromatic heterocycles. The zero-order chi connectivity index (χ0) is 15.1. The van der Waals surface area contributed by atoms with Gasteiger partial charge in [-0.05, 0) is 31.2 Å². The lowest BCUT2D eigenvalue weighted by molar-refractivity contribution is 0.0954. The van der Waals surface area contributed by atoms with Gasteiger partial charge in [0.25, 0.3) is 5.91 Å². The molecular formula is C16H16N2O2S. The van der Waals surface area contributed by atoms with Crippen molar-refractivity contribution in [2.75, 3.05) is 13.2 Å². The maximum absolute atomic E-state index is 12.0. The molecular weight excluding hydrogens is 284 g/mol. The maximum atomic E-state index is 12.0. The van der Waals surface area contributed by atoms with E-state index < -0.39 is 0 Å². The molecule has 0 saturated heterocycles. The average molecular weight is 300 g/mol. The van der Waals surface area contributed by atoms with Crippen molar-refractivity contribution in [2.45, 2.75) is 13.3 Å². The second-order valence-corrected chi connectivity index (χ2v) is 5.37. The summed E-state index contributed by atoms with van der Waals surface area (Å²) in [6, 6.07) is 6.98. The monoisotopic (exact) mass is 300 g/mol. The third-order valence-corrected chi connectivity index (χ3v) is 3.78. The maximum Gasteiger partial charge on any atom is 0.251 e. The topological polar surface area (TPSA) is 62.2 Å². The molecule has 0 aliphatic heterocycles. The van der Waals surface area contributed by atoms with Crippen molar-refractivity contribution in [3.05, 3.63) is 51.5 Å². The number of hydrogen-bond acceptors (Lipinski definition) is 4. The van der Waals surface area contributed by atoms with Gasteiger partial charge in [-0.15, -0.1) is 11.3 Å². The van der Waals surface area contributed by atoms with Gasteiger partial charge in [-0.25, -0.2) is 4.98 Å². The number of thiazole rings is 1. The van der Waals surface area contributed by atoms with Gasteiger partial charge in [-0.1, -0.05) is 11.8 Å². The molecule has 0 unspecified atom stereocenters. The highest BCUT2D eigenvalue weighted by Gasteiger charge is 2.05. The number of nitrogens with one attached hydrogen (secondary N) is 1. The number of aryl methyl sites for hydroxylation is 1. The summed E-state index contributed by atoms with van der Waals surface area (Å²) in [6.45, 7) is 2.36. The molecule has 0 atom stereocenters. The normalized spacial score (nSPS) is 9.81. The van der Waals surface area contributed by atoms with Crippen molar-refractivity contribution in [3.8, 4) is 11.8 Å². The lowest BCUT2D eigenvalue weighted by atomic mass is 10.1. The highest BCUT2D eigenvalue weighted by molar-refractivity contribution is 7.09. The van der Waals surface area contributed by atoms with Crippen LogP contribution < -0.4 is 5.32 Å². The Bertz CT molecular complexity index is 666. The number of carbonyl (C=O) groups is 1. The molecule has 0 aliphatic rings. The molecule has 1 amide bonds. The Labute approximate surface area is 127 Å². The van der Waals surface area contributed by atoms with Crippen molar-refractivity contribution in [1.29, 1.82) is 0 Å². The summed E-state index contributed by atoms with van der Waals surface area (Å²) in [7, 11) is 0. The van der Waals surface area contributed by atoms with Crippen molar-refractivity contribution in [1.82, 2.24) is 10.3 Å². The smallest absolute Gasteiger partial charge is 0.251 e. The standard InChI is InChI=1S/C16H16N2O2S/c1-12-11-21-15(18-12)8-9-17-16(20)14-6-4-13(5-7-14)3-2-10-19/h4-7,11,19H,8-10H2,1H3,(H,17,20). The summed E-state index contributed by atoms with van der Waals surface area (Å²) in [5.74, 6) is 5.25. The fourth-order valence-electron chi connectivity index (χ4n) is 1.75. The summed E-state index contributed by atoms with van der Waals surface area (Å²) in [5.41, 5.74) is 2.39. The summed E-state index contributed by atoms with van der Waals surface area (Å²) in [4.78, 5) is 16.3. The zero-order valence-electron chi connectivity index (χ0n) is 11.7. The molecule has 0 bridgehead atoms. The van der Waals surface area contributed by atoms with Crippen molar-refractivity contribution < 1.29 is 9.90 Å². The molecule has 5 heteroatoms. The van der Waals surface area contributed by atoms with E-state index in [2.05, 4.69) is 22.1 Å². The van der Waals surface area contributed by atoms with Crippen LogP contribution in [0.2, 0.25) is 0 Å². The van der Waals surface area contributed by atoms with Gasteiger partial charge in [-0.3, -0.25) is 4.79 Å². The molecule has 0 aliphatic carbocycles. The van der Waals surface area contributed by atoms with Gasteiger partial charge >= 0.3 is 0 Å². The van der Waals surface area contributed by atoms with Gasteiger partial charge in [0, 0.05) is 35.2 Å². The van der Waals surface area contributed by atoms with Crippen LogP contribution in [0.1, 0.15) is 26.6 Å². The van der Waals surface area contributed by atoms with Crippen LogP contribution in [0.15, 0.2) is 29.6 Å². The Kier molecular flexibility index (Phi) is 5.50. The molecule has 0 saturated carbocycles. The van der Waals surface area contributed by atoms with Crippen molar-refractivity contribution in [3.63, 3.8) is 0 Å². The van der Waals surface area contributed by atoms with E-state index in [-0.39, 0.29) is 12.5 Å². The molecule has 0 radical (unpaired) electrons. The van der Waals surface area contributed by atoms with E-state index in [0.29, 0.717) is 12.1 Å². The molecule has 2 rings (SSSR count). The first-order valence-electron chi connectivity index (χ1n) is 6.58. The number of aliphatic hydroxyl groups is 1. The van der Waals surface area contributed by atoms with E-state index >= 15 is 0 Å². The predicted molar refractivity (Wildman–Crippen MR) is 83.3 cm³/mol. The Morgan fingerprint density at radius 2 is 2.14 bits per heavy atom. The van der Waals surface area contributed by atoms with E-state index in [1.54, 1.807) is 35.6 Å². The number of amides is 1. The minimum absolute atomic E-state index is 0.107. The lowest BCUT2D eigenvalue weighted by Gasteiger charge is -2.04. The van der Waals surface area contributed by atoms with Crippen molar-refractivity contribution in [2.24, 2.45) is 0 Å². The highest BCUT2D eigenvalue weighted by Crippen LogP contribution is 2.09. The molecule has 4 nitrogen and oxygen atoms in total. The first-order valence-corrected chi connectivity index (χ1v) is 7.46. The summed E-state index contributed by atoms with van der Waals surface area (Å²) in [6.07, 6.45) is 0.740. The molecule has 108 valence electrons. The van der Waals surface area contributed by atoms with Crippen LogP contribution in [0.4, 0.5) is 0 Å². The van der Waals surface area contributed by atoms with Crippen LogP contribution in [0, 0.1) is 18.8 Å². The van der Waals surface area contributed by atoms with Crippen molar-refractivity contribution >= 4 is 17.2 Å². The highest BCUT2D eigenvalue weighted by atomic mass is 32.1.